The zero-order valence-electron chi connectivity index (χ0n) is 14.5. The summed E-state index contributed by atoms with van der Waals surface area (Å²) in [5.74, 6) is 0.763. The molecule has 0 bridgehead atoms. The summed E-state index contributed by atoms with van der Waals surface area (Å²) in [7, 11) is 0. The Hall–Kier alpha value is -2.15. The average Bonchev–Trinajstić information content (AvgIpc) is 2.63. The van der Waals surface area contributed by atoms with Gasteiger partial charge in [0.05, 0.1) is 12.2 Å². The Labute approximate surface area is 160 Å². The number of hydrogen-bond acceptors (Lipinski definition) is 4. The summed E-state index contributed by atoms with van der Waals surface area (Å²) >= 11 is 5.84. The third-order valence-corrected chi connectivity index (χ3v) is 5.00. The Morgan fingerprint density at radius 1 is 1.19 bits per heavy atom. The molecule has 0 amide bonds. The fourth-order valence-corrected chi connectivity index (χ4v) is 3.37. The summed E-state index contributed by atoms with van der Waals surface area (Å²) in [5.41, 5.74) is 0.199. The lowest BCUT2D eigenvalue weighted by atomic mass is 9.93. The number of aromatic hydroxyl groups is 1. The van der Waals surface area contributed by atoms with Crippen molar-refractivity contribution >= 4 is 17.3 Å². The van der Waals surface area contributed by atoms with E-state index >= 15 is 0 Å². The van der Waals surface area contributed by atoms with Crippen LogP contribution in [0.1, 0.15) is 24.8 Å². The van der Waals surface area contributed by atoms with Gasteiger partial charge in [-0.25, -0.2) is 4.98 Å². The van der Waals surface area contributed by atoms with E-state index in [1.807, 2.05) is 12.1 Å². The van der Waals surface area contributed by atoms with Gasteiger partial charge >= 0.3 is 6.18 Å². The maximum Gasteiger partial charge on any atom is 0.417 e. The summed E-state index contributed by atoms with van der Waals surface area (Å²) in [6, 6.07) is 7.99. The van der Waals surface area contributed by atoms with E-state index in [-0.39, 0.29) is 16.7 Å². The molecule has 1 fully saturated rings. The second kappa shape index (κ2) is 8.25. The molecule has 1 aliphatic rings. The van der Waals surface area contributed by atoms with E-state index in [0.29, 0.717) is 12.5 Å². The summed E-state index contributed by atoms with van der Waals surface area (Å²) in [6.45, 7) is 2.19. The lowest BCUT2D eigenvalue weighted by Crippen LogP contribution is -2.34. The van der Waals surface area contributed by atoms with Crippen molar-refractivity contribution in [1.29, 1.82) is 0 Å². The van der Waals surface area contributed by atoms with Gasteiger partial charge in [-0.2, -0.15) is 13.2 Å². The number of ether oxygens (including phenoxy) is 1. The van der Waals surface area contributed by atoms with Crippen molar-refractivity contribution in [2.75, 3.05) is 24.6 Å². The van der Waals surface area contributed by atoms with Gasteiger partial charge in [0.15, 0.2) is 0 Å². The van der Waals surface area contributed by atoms with Crippen molar-refractivity contribution in [2.24, 2.45) is 5.92 Å². The molecular formula is C19H20ClF3N2O2. The molecule has 1 saturated heterocycles. The van der Waals surface area contributed by atoms with Gasteiger partial charge in [-0.15, -0.1) is 0 Å². The van der Waals surface area contributed by atoms with E-state index in [1.165, 1.54) is 0 Å². The van der Waals surface area contributed by atoms with Crippen LogP contribution in [-0.2, 0) is 6.18 Å². The first-order valence-corrected chi connectivity index (χ1v) is 9.10. The van der Waals surface area contributed by atoms with Gasteiger partial charge in [0.25, 0.3) is 0 Å². The minimum atomic E-state index is -4.47. The highest BCUT2D eigenvalue weighted by Crippen LogP contribution is 2.33. The Balaban J connectivity index is 1.45. The van der Waals surface area contributed by atoms with Crippen LogP contribution in [0.2, 0.25) is 5.02 Å². The van der Waals surface area contributed by atoms with Crippen molar-refractivity contribution in [1.82, 2.24) is 4.98 Å². The Kier molecular flexibility index (Phi) is 5.99. The number of anilines is 1. The van der Waals surface area contributed by atoms with Gasteiger partial charge < -0.3 is 14.7 Å². The fourth-order valence-electron chi connectivity index (χ4n) is 3.15. The number of aromatic nitrogens is 1. The van der Waals surface area contributed by atoms with Gasteiger partial charge in [-0.1, -0.05) is 11.6 Å². The van der Waals surface area contributed by atoms with Crippen LogP contribution < -0.4 is 9.64 Å². The molecule has 8 heteroatoms. The molecule has 27 heavy (non-hydrogen) atoms. The SMILES string of the molecule is Oc1ccc(N2CCC(CCOc3ncc(C(F)(F)F)cc3Cl)CC2)cc1. The lowest BCUT2D eigenvalue weighted by molar-refractivity contribution is -0.137. The van der Waals surface area contributed by atoms with Gasteiger partial charge in [-0.3, -0.25) is 0 Å². The number of phenols is 1. The third-order valence-electron chi connectivity index (χ3n) is 4.73. The summed E-state index contributed by atoms with van der Waals surface area (Å²) in [6.07, 6.45) is -0.947. The number of alkyl halides is 3. The molecule has 0 spiro atoms. The highest BCUT2D eigenvalue weighted by atomic mass is 35.5. The molecule has 0 saturated carbocycles. The summed E-state index contributed by atoms with van der Waals surface area (Å²) in [4.78, 5) is 5.95. The predicted molar refractivity (Wildman–Crippen MR) is 97.4 cm³/mol. The molecule has 0 atom stereocenters. The van der Waals surface area contributed by atoms with E-state index in [4.69, 9.17) is 16.3 Å². The molecule has 2 aromatic rings. The second-order valence-electron chi connectivity index (χ2n) is 6.59. The van der Waals surface area contributed by atoms with Crippen molar-refractivity contribution in [2.45, 2.75) is 25.4 Å². The van der Waals surface area contributed by atoms with Crippen molar-refractivity contribution in [3.05, 3.63) is 47.1 Å². The van der Waals surface area contributed by atoms with Crippen molar-refractivity contribution in [3.8, 4) is 11.6 Å². The highest BCUT2D eigenvalue weighted by molar-refractivity contribution is 6.31. The Morgan fingerprint density at radius 2 is 1.85 bits per heavy atom. The highest BCUT2D eigenvalue weighted by Gasteiger charge is 2.31. The molecule has 0 radical (unpaired) electrons. The number of benzene rings is 1. The number of piperidine rings is 1. The first-order chi connectivity index (χ1) is 12.8. The zero-order chi connectivity index (χ0) is 19.4. The lowest BCUT2D eigenvalue weighted by Gasteiger charge is -2.33. The molecule has 1 aliphatic heterocycles. The van der Waals surface area contributed by atoms with Crippen LogP contribution >= 0.6 is 11.6 Å². The molecular weight excluding hydrogens is 381 g/mol. The Bertz CT molecular complexity index is 761. The van der Waals surface area contributed by atoms with Crippen LogP contribution in [0, 0.1) is 5.92 Å². The van der Waals surface area contributed by atoms with Crippen LogP contribution in [0.4, 0.5) is 18.9 Å². The van der Waals surface area contributed by atoms with E-state index < -0.39 is 11.7 Å². The smallest absolute Gasteiger partial charge is 0.417 e. The van der Waals surface area contributed by atoms with Gasteiger partial charge in [-0.05, 0) is 55.5 Å². The van der Waals surface area contributed by atoms with Crippen LogP contribution in [0.3, 0.4) is 0 Å². The second-order valence-corrected chi connectivity index (χ2v) is 7.00. The van der Waals surface area contributed by atoms with Crippen LogP contribution in [0.15, 0.2) is 36.5 Å². The van der Waals surface area contributed by atoms with Gasteiger partial charge in [0, 0.05) is 25.0 Å². The van der Waals surface area contributed by atoms with E-state index in [9.17, 15) is 18.3 Å². The van der Waals surface area contributed by atoms with E-state index in [1.54, 1.807) is 12.1 Å². The molecule has 0 unspecified atom stereocenters. The van der Waals surface area contributed by atoms with Gasteiger partial charge in [0.1, 0.15) is 10.8 Å². The molecule has 0 aliphatic carbocycles. The molecule has 146 valence electrons. The molecule has 1 aromatic heterocycles. The largest absolute Gasteiger partial charge is 0.508 e. The molecule has 1 N–H and O–H groups in total. The standard InChI is InChI=1S/C19H20ClF3N2O2/c20-17-11-14(19(21,22)23)12-24-18(17)27-10-7-13-5-8-25(9-6-13)15-1-3-16(26)4-2-15/h1-4,11-13,26H,5-10H2. The topological polar surface area (TPSA) is 45.6 Å². The van der Waals surface area contributed by atoms with Crippen molar-refractivity contribution in [3.63, 3.8) is 0 Å². The maximum absolute atomic E-state index is 12.6. The number of nitrogens with zero attached hydrogens (tertiary/aromatic N) is 2. The monoisotopic (exact) mass is 400 g/mol. The number of halogens is 4. The van der Waals surface area contributed by atoms with Gasteiger partial charge in [0.2, 0.25) is 5.88 Å². The quantitative estimate of drug-likeness (QED) is 0.754. The number of pyridine rings is 1. The van der Waals surface area contributed by atoms with Crippen molar-refractivity contribution < 1.29 is 23.0 Å². The molecule has 3 rings (SSSR count). The minimum absolute atomic E-state index is 0.0335. The molecule has 1 aromatic carbocycles. The summed E-state index contributed by atoms with van der Waals surface area (Å²) < 4.78 is 43.3. The first kappa shape index (κ1) is 19.6. The predicted octanol–water partition coefficient (Wildman–Crippen LogP) is 5.14. The third kappa shape index (κ3) is 5.19. The zero-order valence-corrected chi connectivity index (χ0v) is 15.3. The number of hydrogen-bond donors (Lipinski definition) is 1. The molecule has 4 nitrogen and oxygen atoms in total. The normalized spacial score (nSPS) is 15.8. The summed E-state index contributed by atoms with van der Waals surface area (Å²) in [5, 5.41) is 9.23. The van der Waals surface area contributed by atoms with Crippen LogP contribution in [-0.4, -0.2) is 29.8 Å². The Morgan fingerprint density at radius 3 is 2.44 bits per heavy atom. The van der Waals surface area contributed by atoms with E-state index in [0.717, 1.165) is 50.3 Å². The maximum atomic E-state index is 12.6. The van der Waals surface area contributed by atoms with Crippen LogP contribution in [0.5, 0.6) is 11.6 Å². The first-order valence-electron chi connectivity index (χ1n) is 8.72. The average molecular weight is 401 g/mol. The fraction of sp³-hybridized carbons (Fsp3) is 0.421. The van der Waals surface area contributed by atoms with Crippen LogP contribution in [0.25, 0.3) is 0 Å². The van der Waals surface area contributed by atoms with E-state index in [2.05, 4.69) is 9.88 Å². The number of rotatable bonds is 5. The number of phenolic OH excluding ortho intramolecular Hbond substituents is 1. The molecule has 2 heterocycles. The minimum Gasteiger partial charge on any atom is -0.508 e.